The third kappa shape index (κ3) is 17.1. The van der Waals surface area contributed by atoms with Crippen LogP contribution < -0.4 is 0 Å². The Bertz CT molecular complexity index is 228. The van der Waals surface area contributed by atoms with Gasteiger partial charge in [-0.1, -0.05) is 69.8 Å². The molecule has 0 aliphatic rings. The van der Waals surface area contributed by atoms with Crippen LogP contribution in [0.2, 0.25) is 0 Å². The summed E-state index contributed by atoms with van der Waals surface area (Å²) in [5.74, 6) is 0. The van der Waals surface area contributed by atoms with Crippen molar-refractivity contribution in [2.24, 2.45) is 0 Å². The number of allylic oxidation sites excluding steroid dienone is 4. The average Bonchev–Trinajstić information content (AvgIpc) is 2.43. The number of unbranched alkanes of at least 4 members (excludes halogenated alkanes) is 10. The van der Waals surface area contributed by atoms with E-state index in [2.05, 4.69) is 31.2 Å². The Morgan fingerprint density at radius 3 is 1.63 bits per heavy atom. The first kappa shape index (κ1) is 18.1. The molecule has 0 unspecified atom stereocenters. The van der Waals surface area contributed by atoms with Crippen molar-refractivity contribution in [1.29, 1.82) is 0 Å². The summed E-state index contributed by atoms with van der Waals surface area (Å²) >= 11 is 0. The minimum absolute atomic E-state index is 0.739. The quantitative estimate of drug-likeness (QED) is 0.214. The molecule has 0 rings (SSSR count). The van der Waals surface area contributed by atoms with Gasteiger partial charge in [-0.25, -0.2) is 0 Å². The van der Waals surface area contributed by atoms with Crippen LogP contribution in [0.5, 0.6) is 0 Å². The van der Waals surface area contributed by atoms with E-state index in [0.717, 1.165) is 19.1 Å². The van der Waals surface area contributed by atoms with E-state index in [-0.39, 0.29) is 0 Å². The number of hydrogen-bond acceptors (Lipinski definition) is 1. The van der Waals surface area contributed by atoms with E-state index < -0.39 is 0 Å². The standard InChI is InChI=1S/C18H32O/c1-2-3-4-5-6-7-8-9-10-11-12-13-14-15-16-17-18-19/h7-10,18H,2-6,11-17H2,1H3/b8-7+,10-9+. The maximum absolute atomic E-state index is 10.1. The van der Waals surface area contributed by atoms with Crippen LogP contribution in [0.1, 0.15) is 84.0 Å². The van der Waals surface area contributed by atoms with Gasteiger partial charge in [0.1, 0.15) is 6.29 Å². The van der Waals surface area contributed by atoms with Crippen LogP contribution in [0.3, 0.4) is 0 Å². The Morgan fingerprint density at radius 2 is 1.11 bits per heavy atom. The molecule has 0 bridgehead atoms. The van der Waals surface area contributed by atoms with Crippen molar-refractivity contribution in [3.8, 4) is 0 Å². The van der Waals surface area contributed by atoms with Gasteiger partial charge in [0.25, 0.3) is 0 Å². The fraction of sp³-hybridized carbons (Fsp3) is 0.722. The SMILES string of the molecule is CCCCCC/C=C/C=C/CCCCCCCC=O. The predicted octanol–water partition coefficient (Wildman–Crippen LogP) is 6.00. The molecule has 0 spiro atoms. The Hall–Kier alpha value is -0.850. The Morgan fingerprint density at radius 1 is 0.632 bits per heavy atom. The van der Waals surface area contributed by atoms with E-state index >= 15 is 0 Å². The molecule has 0 atom stereocenters. The van der Waals surface area contributed by atoms with E-state index in [9.17, 15) is 4.79 Å². The molecule has 0 heterocycles. The van der Waals surface area contributed by atoms with Gasteiger partial charge in [0, 0.05) is 6.42 Å². The molecule has 0 aromatic rings. The van der Waals surface area contributed by atoms with Gasteiger partial charge >= 0.3 is 0 Å². The molecular weight excluding hydrogens is 232 g/mol. The van der Waals surface area contributed by atoms with Gasteiger partial charge < -0.3 is 4.79 Å². The zero-order valence-corrected chi connectivity index (χ0v) is 12.8. The monoisotopic (exact) mass is 264 g/mol. The lowest BCUT2D eigenvalue weighted by atomic mass is 10.1. The first-order valence-corrected chi connectivity index (χ1v) is 8.17. The molecule has 0 saturated heterocycles. The highest BCUT2D eigenvalue weighted by atomic mass is 16.1. The van der Waals surface area contributed by atoms with Gasteiger partial charge in [-0.05, 0) is 32.1 Å². The van der Waals surface area contributed by atoms with Crippen molar-refractivity contribution in [2.75, 3.05) is 0 Å². The minimum atomic E-state index is 0.739. The Labute approximate surface area is 120 Å². The zero-order valence-electron chi connectivity index (χ0n) is 12.8. The minimum Gasteiger partial charge on any atom is -0.303 e. The molecular formula is C18H32O. The molecule has 0 fully saturated rings. The highest BCUT2D eigenvalue weighted by Gasteiger charge is 1.89. The maximum Gasteiger partial charge on any atom is 0.119 e. The summed E-state index contributed by atoms with van der Waals surface area (Å²) in [5, 5.41) is 0. The van der Waals surface area contributed by atoms with Crippen molar-refractivity contribution in [3.63, 3.8) is 0 Å². The van der Waals surface area contributed by atoms with Crippen LogP contribution >= 0.6 is 0 Å². The van der Waals surface area contributed by atoms with Crippen molar-refractivity contribution in [1.82, 2.24) is 0 Å². The summed E-state index contributed by atoms with van der Waals surface area (Å²) in [5.41, 5.74) is 0. The van der Waals surface area contributed by atoms with Crippen LogP contribution in [-0.2, 0) is 4.79 Å². The van der Waals surface area contributed by atoms with Crippen molar-refractivity contribution in [3.05, 3.63) is 24.3 Å². The zero-order chi connectivity index (χ0) is 14.0. The van der Waals surface area contributed by atoms with E-state index in [4.69, 9.17) is 0 Å². The number of hydrogen-bond donors (Lipinski definition) is 0. The molecule has 1 heteroatoms. The lowest BCUT2D eigenvalue weighted by Gasteiger charge is -1.97. The van der Waals surface area contributed by atoms with Gasteiger partial charge in [0.2, 0.25) is 0 Å². The van der Waals surface area contributed by atoms with E-state index in [1.807, 2.05) is 0 Å². The second-order valence-corrected chi connectivity index (χ2v) is 5.22. The lowest BCUT2D eigenvalue weighted by Crippen LogP contribution is -1.80. The average molecular weight is 264 g/mol. The van der Waals surface area contributed by atoms with Gasteiger partial charge in [0.15, 0.2) is 0 Å². The number of rotatable bonds is 14. The van der Waals surface area contributed by atoms with Gasteiger partial charge in [-0.3, -0.25) is 0 Å². The number of carbonyl (C=O) groups excluding carboxylic acids is 1. The summed E-state index contributed by atoms with van der Waals surface area (Å²) in [7, 11) is 0. The second kappa shape index (κ2) is 17.2. The van der Waals surface area contributed by atoms with Gasteiger partial charge in [-0.2, -0.15) is 0 Å². The fourth-order valence-corrected chi connectivity index (χ4v) is 2.06. The summed E-state index contributed by atoms with van der Waals surface area (Å²) in [6, 6.07) is 0. The first-order valence-electron chi connectivity index (χ1n) is 8.17. The highest BCUT2D eigenvalue weighted by Crippen LogP contribution is 2.07. The number of aldehydes is 1. The van der Waals surface area contributed by atoms with E-state index in [1.165, 1.54) is 64.2 Å². The number of carbonyl (C=O) groups is 1. The van der Waals surface area contributed by atoms with Crippen LogP contribution in [0.15, 0.2) is 24.3 Å². The Balaban J connectivity index is 3.16. The molecule has 0 saturated carbocycles. The molecule has 0 amide bonds. The highest BCUT2D eigenvalue weighted by molar-refractivity contribution is 5.48. The normalized spacial score (nSPS) is 11.6. The third-order valence-corrected chi connectivity index (χ3v) is 3.30. The third-order valence-electron chi connectivity index (χ3n) is 3.30. The van der Waals surface area contributed by atoms with E-state index in [1.54, 1.807) is 0 Å². The summed E-state index contributed by atoms with van der Waals surface area (Å²) in [6.45, 7) is 2.25. The largest absolute Gasteiger partial charge is 0.303 e. The molecule has 110 valence electrons. The fourth-order valence-electron chi connectivity index (χ4n) is 2.06. The molecule has 0 aliphatic heterocycles. The van der Waals surface area contributed by atoms with Crippen LogP contribution in [0, 0.1) is 0 Å². The summed E-state index contributed by atoms with van der Waals surface area (Å²) in [6.07, 6.45) is 24.6. The lowest BCUT2D eigenvalue weighted by molar-refractivity contribution is -0.107. The summed E-state index contributed by atoms with van der Waals surface area (Å²) < 4.78 is 0. The molecule has 0 aromatic heterocycles. The molecule has 1 nitrogen and oxygen atoms in total. The van der Waals surface area contributed by atoms with Crippen molar-refractivity contribution in [2.45, 2.75) is 84.0 Å². The van der Waals surface area contributed by atoms with Gasteiger partial charge in [0.05, 0.1) is 0 Å². The van der Waals surface area contributed by atoms with Crippen LogP contribution in [0.25, 0.3) is 0 Å². The van der Waals surface area contributed by atoms with Crippen LogP contribution in [-0.4, -0.2) is 6.29 Å². The molecule has 0 N–H and O–H groups in total. The first-order chi connectivity index (χ1) is 9.41. The van der Waals surface area contributed by atoms with Crippen molar-refractivity contribution >= 4 is 6.29 Å². The van der Waals surface area contributed by atoms with Crippen molar-refractivity contribution < 1.29 is 4.79 Å². The molecule has 0 aromatic carbocycles. The molecule has 0 radical (unpaired) electrons. The smallest absolute Gasteiger partial charge is 0.119 e. The summed E-state index contributed by atoms with van der Waals surface area (Å²) in [4.78, 5) is 10.1. The molecule has 19 heavy (non-hydrogen) atoms. The second-order valence-electron chi connectivity index (χ2n) is 5.22. The maximum atomic E-state index is 10.1. The van der Waals surface area contributed by atoms with E-state index in [0.29, 0.717) is 0 Å². The Kier molecular flexibility index (Phi) is 16.4. The van der Waals surface area contributed by atoms with Gasteiger partial charge in [-0.15, -0.1) is 0 Å². The molecule has 0 aliphatic carbocycles. The predicted molar refractivity (Wildman–Crippen MR) is 85.4 cm³/mol. The van der Waals surface area contributed by atoms with Crippen LogP contribution in [0.4, 0.5) is 0 Å². The topological polar surface area (TPSA) is 17.1 Å².